The minimum absolute atomic E-state index is 0.0826. The SMILES string of the molecule is Cc1cccc2c1c(Cn1c(=O)n(CCC(=O)O)c3c(C)cccc31)cn2C. The fraction of sp³-hybridized carbons (Fsp3) is 0.273. The molecular weight excluding hydrogens is 354 g/mol. The number of imidazole rings is 1. The fourth-order valence-electron chi connectivity index (χ4n) is 4.15. The van der Waals surface area contributed by atoms with E-state index in [1.165, 1.54) is 5.56 Å². The molecule has 0 radical (unpaired) electrons. The Labute approximate surface area is 162 Å². The third kappa shape index (κ3) is 2.81. The Morgan fingerprint density at radius 1 is 1.00 bits per heavy atom. The number of carboxylic acids is 1. The topological polar surface area (TPSA) is 69.2 Å². The van der Waals surface area contributed by atoms with Crippen LogP contribution in [0.4, 0.5) is 0 Å². The van der Waals surface area contributed by atoms with Gasteiger partial charge in [-0.3, -0.25) is 13.9 Å². The molecule has 6 nitrogen and oxygen atoms in total. The van der Waals surface area contributed by atoms with Crippen LogP contribution in [-0.4, -0.2) is 24.8 Å². The maximum atomic E-state index is 13.2. The van der Waals surface area contributed by atoms with Crippen LogP contribution in [0.5, 0.6) is 0 Å². The molecule has 144 valence electrons. The zero-order valence-corrected chi connectivity index (χ0v) is 16.3. The Kier molecular flexibility index (Phi) is 4.34. The number of aryl methyl sites for hydroxylation is 4. The number of para-hydroxylation sites is 1. The van der Waals surface area contributed by atoms with Crippen molar-refractivity contribution in [1.82, 2.24) is 13.7 Å². The number of rotatable bonds is 5. The minimum Gasteiger partial charge on any atom is -0.481 e. The maximum absolute atomic E-state index is 13.2. The predicted molar refractivity (Wildman–Crippen MR) is 110 cm³/mol. The Morgan fingerprint density at radius 2 is 1.68 bits per heavy atom. The molecule has 2 aromatic carbocycles. The molecule has 6 heteroatoms. The molecular formula is C22H23N3O3. The Balaban J connectivity index is 1.91. The Bertz CT molecular complexity index is 1270. The van der Waals surface area contributed by atoms with Gasteiger partial charge in [-0.15, -0.1) is 0 Å². The van der Waals surface area contributed by atoms with Crippen LogP contribution in [0, 0.1) is 13.8 Å². The molecule has 1 N–H and O–H groups in total. The lowest BCUT2D eigenvalue weighted by atomic mass is 10.1. The first kappa shape index (κ1) is 18.1. The number of hydrogen-bond donors (Lipinski definition) is 1. The van der Waals surface area contributed by atoms with Crippen LogP contribution in [0.3, 0.4) is 0 Å². The first-order valence-electron chi connectivity index (χ1n) is 9.32. The van der Waals surface area contributed by atoms with Gasteiger partial charge >= 0.3 is 11.7 Å². The van der Waals surface area contributed by atoms with E-state index in [2.05, 4.69) is 29.8 Å². The van der Waals surface area contributed by atoms with Crippen LogP contribution in [0.15, 0.2) is 47.4 Å². The average molecular weight is 377 g/mol. The number of benzene rings is 2. The van der Waals surface area contributed by atoms with Gasteiger partial charge in [-0.1, -0.05) is 24.3 Å². The van der Waals surface area contributed by atoms with E-state index in [-0.39, 0.29) is 18.7 Å². The number of carboxylic acid groups (broad SMARTS) is 1. The molecule has 0 aliphatic carbocycles. The van der Waals surface area contributed by atoms with Crippen LogP contribution in [0.25, 0.3) is 21.9 Å². The molecule has 0 saturated heterocycles. The van der Waals surface area contributed by atoms with Crippen LogP contribution < -0.4 is 5.69 Å². The van der Waals surface area contributed by atoms with E-state index in [1.54, 1.807) is 9.13 Å². The van der Waals surface area contributed by atoms with Crippen molar-refractivity contribution in [2.24, 2.45) is 7.05 Å². The van der Waals surface area contributed by atoms with Crippen LogP contribution in [0.2, 0.25) is 0 Å². The monoisotopic (exact) mass is 377 g/mol. The molecule has 4 rings (SSSR count). The average Bonchev–Trinajstić information content (AvgIpc) is 3.11. The van der Waals surface area contributed by atoms with Gasteiger partial charge in [-0.05, 0) is 42.7 Å². The summed E-state index contributed by atoms with van der Waals surface area (Å²) in [5.74, 6) is -0.911. The summed E-state index contributed by atoms with van der Waals surface area (Å²) in [6.45, 7) is 4.64. The van der Waals surface area contributed by atoms with Crippen molar-refractivity contribution in [3.8, 4) is 0 Å². The Hall–Kier alpha value is -3.28. The number of hydrogen-bond acceptors (Lipinski definition) is 2. The first-order valence-corrected chi connectivity index (χ1v) is 9.32. The summed E-state index contributed by atoms with van der Waals surface area (Å²) >= 11 is 0. The third-order valence-corrected chi connectivity index (χ3v) is 5.42. The summed E-state index contributed by atoms with van der Waals surface area (Å²) in [6, 6.07) is 12.0. The summed E-state index contributed by atoms with van der Waals surface area (Å²) in [6.07, 6.45) is 1.99. The minimum atomic E-state index is -0.911. The van der Waals surface area contributed by atoms with Crippen LogP contribution in [-0.2, 0) is 24.9 Å². The smallest absolute Gasteiger partial charge is 0.329 e. The highest BCUT2D eigenvalue weighted by molar-refractivity contribution is 5.87. The molecule has 0 saturated carbocycles. The second-order valence-corrected chi connectivity index (χ2v) is 7.34. The fourth-order valence-corrected chi connectivity index (χ4v) is 4.15. The largest absolute Gasteiger partial charge is 0.481 e. The maximum Gasteiger partial charge on any atom is 0.329 e. The summed E-state index contributed by atoms with van der Waals surface area (Å²) < 4.78 is 5.43. The molecule has 0 spiro atoms. The van der Waals surface area contributed by atoms with Crippen molar-refractivity contribution in [3.63, 3.8) is 0 Å². The summed E-state index contributed by atoms with van der Waals surface area (Å²) in [5.41, 5.74) is 5.83. The van der Waals surface area contributed by atoms with Gasteiger partial charge in [0.25, 0.3) is 0 Å². The highest BCUT2D eigenvalue weighted by Crippen LogP contribution is 2.26. The van der Waals surface area contributed by atoms with Crippen molar-refractivity contribution >= 4 is 27.9 Å². The molecule has 2 aromatic heterocycles. The Morgan fingerprint density at radius 3 is 2.39 bits per heavy atom. The van der Waals surface area contributed by atoms with Crippen LogP contribution >= 0.6 is 0 Å². The van der Waals surface area contributed by atoms with Gasteiger partial charge in [-0.2, -0.15) is 0 Å². The molecule has 28 heavy (non-hydrogen) atoms. The second kappa shape index (κ2) is 6.71. The van der Waals surface area contributed by atoms with E-state index in [0.717, 1.165) is 33.1 Å². The molecule has 0 aliphatic rings. The lowest BCUT2D eigenvalue weighted by Crippen LogP contribution is -2.25. The zero-order chi connectivity index (χ0) is 20.0. The molecule has 0 fully saturated rings. The molecule has 0 aliphatic heterocycles. The molecule has 4 aromatic rings. The van der Waals surface area contributed by atoms with Gasteiger partial charge in [-0.25, -0.2) is 4.79 Å². The predicted octanol–water partition coefficient (Wildman–Crippen LogP) is 3.43. The summed E-state index contributed by atoms with van der Waals surface area (Å²) in [7, 11) is 2.01. The van der Waals surface area contributed by atoms with Gasteiger partial charge in [0.2, 0.25) is 0 Å². The van der Waals surface area contributed by atoms with Crippen molar-refractivity contribution in [3.05, 3.63) is 69.8 Å². The van der Waals surface area contributed by atoms with E-state index in [4.69, 9.17) is 5.11 Å². The molecule has 0 atom stereocenters. The normalized spacial score (nSPS) is 11.5. The van der Waals surface area contributed by atoms with Crippen molar-refractivity contribution in [1.29, 1.82) is 0 Å². The summed E-state index contributed by atoms with van der Waals surface area (Å²) in [4.78, 5) is 24.3. The highest BCUT2D eigenvalue weighted by Gasteiger charge is 2.18. The number of fused-ring (bicyclic) bond motifs is 2. The molecule has 2 heterocycles. The van der Waals surface area contributed by atoms with E-state index in [1.807, 2.05) is 38.2 Å². The molecule has 0 bridgehead atoms. The van der Waals surface area contributed by atoms with Gasteiger partial charge in [0, 0.05) is 30.7 Å². The van der Waals surface area contributed by atoms with Gasteiger partial charge in [0.05, 0.1) is 24.0 Å². The van der Waals surface area contributed by atoms with E-state index in [9.17, 15) is 9.59 Å². The molecule has 0 amide bonds. The molecule has 0 unspecified atom stereocenters. The van der Waals surface area contributed by atoms with E-state index in [0.29, 0.717) is 6.54 Å². The van der Waals surface area contributed by atoms with Crippen LogP contribution in [0.1, 0.15) is 23.1 Å². The number of nitrogens with zero attached hydrogens (tertiary/aromatic N) is 3. The van der Waals surface area contributed by atoms with Gasteiger partial charge < -0.3 is 9.67 Å². The van der Waals surface area contributed by atoms with Crippen molar-refractivity contribution < 1.29 is 9.90 Å². The van der Waals surface area contributed by atoms with Crippen molar-refractivity contribution in [2.75, 3.05) is 0 Å². The first-order chi connectivity index (χ1) is 13.4. The number of carbonyl (C=O) groups is 1. The lowest BCUT2D eigenvalue weighted by Gasteiger charge is -2.05. The van der Waals surface area contributed by atoms with Crippen molar-refractivity contribution in [2.45, 2.75) is 33.4 Å². The van der Waals surface area contributed by atoms with E-state index < -0.39 is 5.97 Å². The zero-order valence-electron chi connectivity index (χ0n) is 16.3. The van der Waals surface area contributed by atoms with Gasteiger partial charge in [0.1, 0.15) is 0 Å². The third-order valence-electron chi connectivity index (χ3n) is 5.42. The highest BCUT2D eigenvalue weighted by atomic mass is 16.4. The number of aromatic nitrogens is 3. The second-order valence-electron chi connectivity index (χ2n) is 7.34. The number of aliphatic carboxylic acids is 1. The van der Waals surface area contributed by atoms with E-state index >= 15 is 0 Å². The summed E-state index contributed by atoms with van der Waals surface area (Å²) in [5, 5.41) is 10.2. The van der Waals surface area contributed by atoms with Gasteiger partial charge in [0.15, 0.2) is 0 Å². The standard InChI is InChI=1S/C22H23N3O3/c1-14-6-4-8-17-20(14)16(12-23(17)3)13-25-18-9-5-7-15(2)21(18)24(22(25)28)11-10-19(26)27/h4-9,12H,10-11,13H2,1-3H3,(H,26,27). The lowest BCUT2D eigenvalue weighted by molar-refractivity contribution is -0.137. The quantitative estimate of drug-likeness (QED) is 0.579.